The number of amides is 2. The summed E-state index contributed by atoms with van der Waals surface area (Å²) in [5, 5.41) is 8.60. The second-order valence-electron chi connectivity index (χ2n) is 10.7. The summed E-state index contributed by atoms with van der Waals surface area (Å²) in [4.78, 5) is 29.2. The molecule has 1 aliphatic heterocycles. The van der Waals surface area contributed by atoms with Gasteiger partial charge in [-0.2, -0.15) is 5.10 Å². The molecule has 178 valence electrons. The molecular weight excluding hydrogens is 436 g/mol. The molecule has 1 atom stereocenters. The van der Waals surface area contributed by atoms with E-state index in [1.165, 1.54) is 12.8 Å². The van der Waals surface area contributed by atoms with Crippen molar-refractivity contribution in [3.8, 4) is 0 Å². The van der Waals surface area contributed by atoms with E-state index in [0.29, 0.717) is 17.3 Å². The van der Waals surface area contributed by atoms with Crippen LogP contribution in [0.5, 0.6) is 0 Å². The molecule has 0 saturated heterocycles. The Morgan fingerprint density at radius 1 is 1.18 bits per heavy atom. The molecule has 0 spiro atoms. The molecule has 2 aliphatic rings. The highest BCUT2D eigenvalue weighted by Crippen LogP contribution is 2.33. The fourth-order valence-electron chi connectivity index (χ4n) is 4.82. The first-order valence-electron chi connectivity index (χ1n) is 12.0. The molecule has 1 aliphatic carbocycles. The number of nitrogens with one attached hydrogen (secondary N) is 1. The number of hydrogen-bond donors (Lipinski definition) is 1. The minimum atomic E-state index is -1.07. The molecular formula is C26H35ClN4O2. The number of halogens is 1. The van der Waals surface area contributed by atoms with Gasteiger partial charge in [0.2, 0.25) is 5.91 Å². The van der Waals surface area contributed by atoms with Crippen molar-refractivity contribution in [2.24, 2.45) is 0 Å². The van der Waals surface area contributed by atoms with Crippen LogP contribution in [0, 0.1) is 0 Å². The van der Waals surface area contributed by atoms with Crippen molar-refractivity contribution in [3.63, 3.8) is 0 Å². The van der Waals surface area contributed by atoms with Gasteiger partial charge in [0.25, 0.3) is 5.91 Å². The van der Waals surface area contributed by atoms with E-state index >= 15 is 0 Å². The van der Waals surface area contributed by atoms with E-state index in [1.54, 1.807) is 9.58 Å². The van der Waals surface area contributed by atoms with Gasteiger partial charge >= 0.3 is 0 Å². The number of hydrogen-bond acceptors (Lipinski definition) is 3. The zero-order valence-corrected chi connectivity index (χ0v) is 20.9. The summed E-state index contributed by atoms with van der Waals surface area (Å²) in [5.41, 5.74) is 0.919. The van der Waals surface area contributed by atoms with Crippen molar-refractivity contribution < 1.29 is 9.59 Å². The Labute approximate surface area is 201 Å². The minimum Gasteiger partial charge on any atom is -0.351 e. The highest BCUT2D eigenvalue weighted by molar-refractivity contribution is 6.31. The third-order valence-electron chi connectivity index (χ3n) is 7.03. The maximum Gasteiger partial charge on any atom is 0.273 e. The number of aromatic nitrogens is 2. The molecule has 1 aromatic heterocycles. The molecule has 0 unspecified atom stereocenters. The Kier molecular flexibility index (Phi) is 6.59. The third-order valence-corrected chi connectivity index (χ3v) is 7.40. The summed E-state index contributed by atoms with van der Waals surface area (Å²) < 4.78 is 1.72. The maximum atomic E-state index is 13.8. The predicted octanol–water partition coefficient (Wildman–Crippen LogP) is 5.09. The third kappa shape index (κ3) is 4.81. The molecule has 0 radical (unpaired) electrons. The monoisotopic (exact) mass is 470 g/mol. The summed E-state index contributed by atoms with van der Waals surface area (Å²) in [5.74, 6) is -0.309. The molecule has 4 rings (SSSR count). The zero-order chi connectivity index (χ0) is 23.8. The van der Waals surface area contributed by atoms with Gasteiger partial charge in [0, 0.05) is 23.0 Å². The van der Waals surface area contributed by atoms with E-state index in [4.69, 9.17) is 16.7 Å². The molecule has 1 saturated carbocycles. The molecule has 0 bridgehead atoms. The molecule has 1 aromatic carbocycles. The Morgan fingerprint density at radius 2 is 1.85 bits per heavy atom. The largest absolute Gasteiger partial charge is 0.351 e. The Hall–Kier alpha value is -2.34. The fourth-order valence-corrected chi connectivity index (χ4v) is 5.01. The average molecular weight is 471 g/mol. The van der Waals surface area contributed by atoms with Gasteiger partial charge in [-0.05, 0) is 37.5 Å². The van der Waals surface area contributed by atoms with Crippen LogP contribution in [-0.2, 0) is 23.3 Å². The predicted molar refractivity (Wildman–Crippen MR) is 130 cm³/mol. The Morgan fingerprint density at radius 3 is 2.48 bits per heavy atom. The van der Waals surface area contributed by atoms with E-state index in [2.05, 4.69) is 26.1 Å². The zero-order valence-electron chi connectivity index (χ0n) is 20.2. The van der Waals surface area contributed by atoms with Gasteiger partial charge in [-0.3, -0.25) is 14.3 Å². The summed E-state index contributed by atoms with van der Waals surface area (Å²) in [6, 6.07) is 9.51. The van der Waals surface area contributed by atoms with Crippen molar-refractivity contribution in [2.45, 2.75) is 96.3 Å². The summed E-state index contributed by atoms with van der Waals surface area (Å²) >= 11 is 6.45. The fraction of sp³-hybridized carbons (Fsp3) is 0.577. The first-order valence-corrected chi connectivity index (χ1v) is 12.4. The molecule has 2 amide bonds. The van der Waals surface area contributed by atoms with Crippen LogP contribution in [0.4, 0.5) is 0 Å². The van der Waals surface area contributed by atoms with Gasteiger partial charge in [-0.25, -0.2) is 0 Å². The Bertz CT molecular complexity index is 1030. The summed E-state index contributed by atoms with van der Waals surface area (Å²) in [6.45, 7) is 8.66. The molecule has 1 N–H and O–H groups in total. The van der Waals surface area contributed by atoms with Gasteiger partial charge < -0.3 is 10.2 Å². The topological polar surface area (TPSA) is 67.2 Å². The van der Waals surface area contributed by atoms with Gasteiger partial charge in [0.15, 0.2) is 0 Å². The number of rotatable bonds is 4. The van der Waals surface area contributed by atoms with Crippen LogP contribution in [0.25, 0.3) is 0 Å². The lowest BCUT2D eigenvalue weighted by Crippen LogP contribution is -2.64. The summed E-state index contributed by atoms with van der Waals surface area (Å²) in [7, 11) is 0. The molecule has 2 aromatic rings. The smallest absolute Gasteiger partial charge is 0.273 e. The van der Waals surface area contributed by atoms with Gasteiger partial charge in [0.1, 0.15) is 11.2 Å². The second-order valence-corrected chi connectivity index (χ2v) is 11.1. The number of carbonyl (C=O) groups is 2. The maximum absolute atomic E-state index is 13.8. The van der Waals surface area contributed by atoms with Crippen LogP contribution >= 0.6 is 11.6 Å². The SMILES string of the molecule is CC(C)(C)c1cc2n(n1)C[C@](C)(C(=O)NC1CCCCCC1)N(Cc1ccccc1Cl)C2=O. The van der Waals surface area contributed by atoms with E-state index < -0.39 is 5.54 Å². The highest BCUT2D eigenvalue weighted by Gasteiger charge is 2.48. The summed E-state index contributed by atoms with van der Waals surface area (Å²) in [6.07, 6.45) is 6.66. The normalized spacial score (nSPS) is 22.1. The van der Waals surface area contributed by atoms with E-state index in [0.717, 1.165) is 36.9 Å². The second kappa shape index (κ2) is 9.13. The number of nitrogens with zero attached hydrogens (tertiary/aromatic N) is 3. The van der Waals surface area contributed by atoms with Crippen molar-refractivity contribution in [2.75, 3.05) is 0 Å². The standard InChI is InChI=1S/C26H35ClN4O2/c1-25(2,3)22-15-21-23(32)30(16-18-11-9-10-14-20(18)27)26(4,17-31(21)29-22)24(33)28-19-12-7-5-6-8-13-19/h9-11,14-15,19H,5-8,12-13,16-17H2,1-4H3,(H,28,33)/t26-/m1/s1. The Balaban J connectivity index is 1.71. The molecule has 7 heteroatoms. The van der Waals surface area contributed by atoms with Crippen LogP contribution in [0.3, 0.4) is 0 Å². The molecule has 6 nitrogen and oxygen atoms in total. The average Bonchev–Trinajstić information content (AvgIpc) is 3.02. The van der Waals surface area contributed by atoms with E-state index in [1.807, 2.05) is 37.3 Å². The van der Waals surface area contributed by atoms with Crippen molar-refractivity contribution in [3.05, 3.63) is 52.3 Å². The molecule has 1 fully saturated rings. The van der Waals surface area contributed by atoms with Crippen molar-refractivity contribution in [1.29, 1.82) is 0 Å². The van der Waals surface area contributed by atoms with Crippen molar-refractivity contribution >= 4 is 23.4 Å². The van der Waals surface area contributed by atoms with Gasteiger partial charge in [0.05, 0.1) is 12.2 Å². The molecule has 2 heterocycles. The van der Waals surface area contributed by atoms with E-state index in [-0.39, 0.29) is 29.8 Å². The van der Waals surface area contributed by atoms with Gasteiger partial charge in [-0.1, -0.05) is 76.3 Å². The van der Waals surface area contributed by atoms with Gasteiger partial charge in [-0.15, -0.1) is 0 Å². The lowest BCUT2D eigenvalue weighted by atomic mass is 9.91. The van der Waals surface area contributed by atoms with Crippen LogP contribution in [-0.4, -0.2) is 38.1 Å². The van der Waals surface area contributed by atoms with Crippen LogP contribution in [0.1, 0.15) is 88.0 Å². The number of benzene rings is 1. The van der Waals surface area contributed by atoms with Crippen LogP contribution in [0.2, 0.25) is 5.02 Å². The first kappa shape index (κ1) is 23.8. The lowest BCUT2D eigenvalue weighted by molar-refractivity contribution is -0.134. The van der Waals surface area contributed by atoms with Crippen LogP contribution < -0.4 is 5.32 Å². The van der Waals surface area contributed by atoms with Crippen LogP contribution in [0.15, 0.2) is 30.3 Å². The minimum absolute atomic E-state index is 0.117. The first-order chi connectivity index (χ1) is 15.6. The number of carbonyl (C=O) groups excluding carboxylic acids is 2. The molecule has 33 heavy (non-hydrogen) atoms. The number of fused-ring (bicyclic) bond motifs is 1. The highest BCUT2D eigenvalue weighted by atomic mass is 35.5. The lowest BCUT2D eigenvalue weighted by Gasteiger charge is -2.44. The van der Waals surface area contributed by atoms with E-state index in [9.17, 15) is 9.59 Å². The quantitative estimate of drug-likeness (QED) is 0.633. The van der Waals surface area contributed by atoms with Crippen molar-refractivity contribution in [1.82, 2.24) is 20.0 Å².